The van der Waals surface area contributed by atoms with Gasteiger partial charge < -0.3 is 15.0 Å². The Morgan fingerprint density at radius 3 is 2.26 bits per heavy atom. The molecule has 0 atom stereocenters. The molecule has 1 saturated heterocycles. The van der Waals surface area contributed by atoms with E-state index in [1.165, 1.54) is 24.3 Å². The Bertz CT molecular complexity index is 1200. The van der Waals surface area contributed by atoms with Gasteiger partial charge >= 0.3 is 11.8 Å². The van der Waals surface area contributed by atoms with Gasteiger partial charge in [-0.15, -0.1) is 10.2 Å². The van der Waals surface area contributed by atoms with Crippen LogP contribution in [0.1, 0.15) is 60.0 Å². The van der Waals surface area contributed by atoms with E-state index < -0.39 is 11.8 Å². The average Bonchev–Trinajstić information content (AvgIpc) is 3.73. The molecule has 1 saturated carbocycles. The minimum Gasteiger partial charge on any atom is -0.497 e. The Labute approximate surface area is 219 Å². The van der Waals surface area contributed by atoms with Gasteiger partial charge in [0.2, 0.25) is 5.91 Å². The predicted octanol–water partition coefficient (Wildman–Crippen LogP) is 5.40. The fourth-order valence-electron chi connectivity index (χ4n) is 5.78. The summed E-state index contributed by atoms with van der Waals surface area (Å²) in [6, 6.07) is 13.1. The Morgan fingerprint density at radius 1 is 1.03 bits per heavy atom. The maximum absolute atomic E-state index is 13.2. The van der Waals surface area contributed by atoms with E-state index >= 15 is 0 Å². The quantitative estimate of drug-likeness (QED) is 0.545. The highest BCUT2D eigenvalue weighted by Crippen LogP contribution is 2.52. The fraction of sp³-hybridized carbons (Fsp3) is 0.500. The van der Waals surface area contributed by atoms with Crippen LogP contribution in [0, 0.1) is 5.41 Å². The first-order valence-corrected chi connectivity index (χ1v) is 13.0. The van der Waals surface area contributed by atoms with Crippen LogP contribution in [0.25, 0.3) is 0 Å². The molecule has 2 aromatic carbocycles. The van der Waals surface area contributed by atoms with E-state index in [-0.39, 0.29) is 28.8 Å². The summed E-state index contributed by atoms with van der Waals surface area (Å²) in [4.78, 5) is 27.4. The molecule has 0 unspecified atom stereocenters. The molecule has 2 aliphatic heterocycles. The molecule has 2 fully saturated rings. The second-order valence-corrected chi connectivity index (χ2v) is 10.6. The maximum atomic E-state index is 13.2. The fourth-order valence-corrected chi connectivity index (χ4v) is 5.78. The third-order valence-corrected chi connectivity index (χ3v) is 8.25. The summed E-state index contributed by atoms with van der Waals surface area (Å²) >= 11 is 0. The van der Waals surface area contributed by atoms with Crippen molar-refractivity contribution in [2.75, 3.05) is 20.2 Å². The molecule has 3 aliphatic rings. The van der Waals surface area contributed by atoms with E-state index in [9.17, 15) is 22.8 Å². The van der Waals surface area contributed by atoms with Crippen LogP contribution < -0.4 is 10.1 Å². The average molecular weight is 529 g/mol. The van der Waals surface area contributed by atoms with Crippen LogP contribution in [-0.4, -0.2) is 49.1 Å². The Hall–Kier alpha value is -3.43. The van der Waals surface area contributed by atoms with Crippen molar-refractivity contribution in [1.82, 2.24) is 10.2 Å². The molecular weight excluding hydrogens is 497 g/mol. The summed E-state index contributed by atoms with van der Waals surface area (Å²) in [7, 11) is 1.60. The molecule has 7 nitrogen and oxygen atoms in total. The van der Waals surface area contributed by atoms with Gasteiger partial charge in [0.15, 0.2) is 0 Å². The first-order chi connectivity index (χ1) is 18.1. The number of likely N-dealkylation sites (tertiary alicyclic amines) is 1. The molecule has 1 aliphatic carbocycles. The van der Waals surface area contributed by atoms with E-state index in [2.05, 4.69) is 15.5 Å². The van der Waals surface area contributed by atoms with E-state index in [0.29, 0.717) is 25.1 Å². The predicted molar refractivity (Wildman–Crippen MR) is 134 cm³/mol. The number of halogens is 3. The molecule has 0 aromatic heterocycles. The third-order valence-electron chi connectivity index (χ3n) is 8.25. The monoisotopic (exact) mass is 528 g/mol. The molecule has 2 aromatic rings. The first-order valence-electron chi connectivity index (χ1n) is 13.0. The van der Waals surface area contributed by atoms with Gasteiger partial charge in [-0.05, 0) is 73.8 Å². The molecule has 5 rings (SSSR count). The van der Waals surface area contributed by atoms with Gasteiger partial charge in [0, 0.05) is 30.3 Å². The van der Waals surface area contributed by atoms with E-state index in [0.717, 1.165) is 49.8 Å². The number of benzene rings is 2. The number of hydrogen-bond donors (Lipinski definition) is 1. The lowest BCUT2D eigenvalue weighted by Gasteiger charge is -2.46. The molecule has 2 heterocycles. The molecule has 1 spiro atoms. The number of nitrogens with zero attached hydrogens (tertiary/aromatic N) is 3. The number of ether oxygens (including phenoxy) is 1. The topological polar surface area (TPSA) is 83.4 Å². The zero-order chi connectivity index (χ0) is 27.0. The highest BCUT2D eigenvalue weighted by atomic mass is 19.4. The third kappa shape index (κ3) is 5.26. The van der Waals surface area contributed by atoms with Gasteiger partial charge in [0.05, 0.1) is 13.5 Å². The smallest absolute Gasteiger partial charge is 0.442 e. The van der Waals surface area contributed by atoms with Crippen LogP contribution in [0.3, 0.4) is 0 Å². The van der Waals surface area contributed by atoms with Gasteiger partial charge in [-0.25, -0.2) is 0 Å². The van der Waals surface area contributed by atoms with Crippen molar-refractivity contribution in [3.05, 3.63) is 65.2 Å². The Kier molecular flexibility index (Phi) is 6.92. The molecular formula is C28H31F3N4O3. The van der Waals surface area contributed by atoms with Crippen LogP contribution >= 0.6 is 0 Å². The number of carbonyl (C=O) groups excluding carboxylic acids is 2. The highest BCUT2D eigenvalue weighted by molar-refractivity contribution is 5.94. The summed E-state index contributed by atoms with van der Waals surface area (Å²) in [5.74, 6) is 0.572. The van der Waals surface area contributed by atoms with Gasteiger partial charge in [-0.2, -0.15) is 13.2 Å². The SMILES string of the molecule is COc1cccc(CC(=O)NC2CCC3(CC2)CCN(C(=O)c2ccc(C4(C(F)(F)F)N=N4)cc2)CC3)c1. The van der Waals surface area contributed by atoms with Crippen molar-refractivity contribution in [3.63, 3.8) is 0 Å². The van der Waals surface area contributed by atoms with Gasteiger partial charge in [0.25, 0.3) is 5.91 Å². The van der Waals surface area contributed by atoms with Crippen molar-refractivity contribution in [1.29, 1.82) is 0 Å². The number of methoxy groups -OCH3 is 1. The summed E-state index contributed by atoms with van der Waals surface area (Å²) in [5.41, 5.74) is -1.10. The molecule has 0 radical (unpaired) electrons. The molecule has 38 heavy (non-hydrogen) atoms. The first kappa shape index (κ1) is 26.2. The highest BCUT2D eigenvalue weighted by Gasteiger charge is 2.65. The van der Waals surface area contributed by atoms with E-state index in [1.54, 1.807) is 12.0 Å². The van der Waals surface area contributed by atoms with Crippen LogP contribution in [-0.2, 0) is 16.9 Å². The molecule has 2 amide bonds. The largest absolute Gasteiger partial charge is 0.497 e. The minimum atomic E-state index is -4.59. The van der Waals surface area contributed by atoms with Crippen LogP contribution in [0.4, 0.5) is 13.2 Å². The zero-order valence-electron chi connectivity index (χ0n) is 21.3. The number of nitrogens with one attached hydrogen (secondary N) is 1. The van der Waals surface area contributed by atoms with Crippen molar-refractivity contribution in [2.45, 2.75) is 62.8 Å². The summed E-state index contributed by atoms with van der Waals surface area (Å²) < 4.78 is 44.9. The van der Waals surface area contributed by atoms with Crippen LogP contribution in [0.15, 0.2) is 58.8 Å². The van der Waals surface area contributed by atoms with Crippen LogP contribution in [0.2, 0.25) is 0 Å². The second kappa shape index (κ2) is 10.0. The molecule has 202 valence electrons. The number of amides is 2. The number of carbonyl (C=O) groups is 2. The number of alkyl halides is 3. The zero-order valence-corrected chi connectivity index (χ0v) is 21.3. The van der Waals surface area contributed by atoms with Crippen molar-refractivity contribution in [2.24, 2.45) is 15.6 Å². The number of rotatable bonds is 6. The molecule has 10 heteroatoms. The van der Waals surface area contributed by atoms with Crippen molar-refractivity contribution >= 4 is 11.8 Å². The van der Waals surface area contributed by atoms with Crippen molar-refractivity contribution < 1.29 is 27.5 Å². The van der Waals surface area contributed by atoms with Crippen LogP contribution in [0.5, 0.6) is 5.75 Å². The number of piperidine rings is 1. The molecule has 0 bridgehead atoms. The summed E-state index contributed by atoms with van der Waals surface area (Å²) in [6.45, 7) is 1.23. The van der Waals surface area contributed by atoms with Gasteiger partial charge in [0.1, 0.15) is 5.75 Å². The normalized spacial score (nSPS) is 20.3. The molecule has 1 N–H and O–H groups in total. The lowest BCUT2D eigenvalue weighted by atomic mass is 9.67. The van der Waals surface area contributed by atoms with E-state index in [4.69, 9.17) is 4.74 Å². The van der Waals surface area contributed by atoms with Gasteiger partial charge in [-0.3, -0.25) is 9.59 Å². The minimum absolute atomic E-state index is 0.0100. The van der Waals surface area contributed by atoms with Crippen molar-refractivity contribution in [3.8, 4) is 5.75 Å². The second-order valence-electron chi connectivity index (χ2n) is 10.6. The Morgan fingerprint density at radius 2 is 1.68 bits per heavy atom. The standard InChI is InChI=1S/C28H31F3N4O3/c1-38-23-4-2-3-19(17-23)18-24(36)32-22-9-11-26(12-10-22)13-15-35(16-14-26)25(37)20-5-7-21(8-6-20)27(33-34-27)28(29,30)31/h2-8,17,22H,9-16,18H2,1H3,(H,32,36). The van der Waals surface area contributed by atoms with E-state index in [1.807, 2.05) is 24.3 Å². The lowest BCUT2D eigenvalue weighted by molar-refractivity contribution is -0.166. The Balaban J connectivity index is 1.09. The maximum Gasteiger partial charge on any atom is 0.442 e. The van der Waals surface area contributed by atoms with Gasteiger partial charge in [-0.1, -0.05) is 24.3 Å². The number of hydrogen-bond acceptors (Lipinski definition) is 5. The summed E-state index contributed by atoms with van der Waals surface area (Å²) in [5, 5.41) is 9.60. The lowest BCUT2D eigenvalue weighted by Crippen LogP contribution is -2.47. The summed E-state index contributed by atoms with van der Waals surface area (Å²) in [6.07, 6.45) is 1.33.